The van der Waals surface area contributed by atoms with E-state index in [-0.39, 0.29) is 17.9 Å². The van der Waals surface area contributed by atoms with Crippen molar-refractivity contribution in [2.75, 3.05) is 6.54 Å². The van der Waals surface area contributed by atoms with Gasteiger partial charge in [-0.3, -0.25) is 14.8 Å². The van der Waals surface area contributed by atoms with Gasteiger partial charge in [0.2, 0.25) is 0 Å². The van der Waals surface area contributed by atoms with Gasteiger partial charge in [-0.25, -0.2) is 0 Å². The molecular weight excluding hydrogens is 254 g/mol. The van der Waals surface area contributed by atoms with Crippen molar-refractivity contribution < 1.29 is 9.90 Å². The van der Waals surface area contributed by atoms with E-state index >= 15 is 0 Å². The zero-order valence-corrected chi connectivity index (χ0v) is 11.1. The van der Waals surface area contributed by atoms with Crippen LogP contribution in [0.4, 0.5) is 0 Å². The third-order valence-corrected chi connectivity index (χ3v) is 3.89. The highest BCUT2D eigenvalue weighted by Crippen LogP contribution is 2.24. The monoisotopic (exact) mass is 271 g/mol. The molecule has 0 bridgehead atoms. The summed E-state index contributed by atoms with van der Waals surface area (Å²) in [4.78, 5) is 20.7. The Kier molecular flexibility index (Phi) is 3.60. The van der Waals surface area contributed by atoms with Crippen molar-refractivity contribution in [2.24, 2.45) is 5.92 Å². The van der Waals surface area contributed by atoms with E-state index in [9.17, 15) is 9.90 Å². The van der Waals surface area contributed by atoms with Gasteiger partial charge in [0.15, 0.2) is 0 Å². The van der Waals surface area contributed by atoms with E-state index in [1.54, 1.807) is 24.5 Å². The fourth-order valence-electron chi connectivity index (χ4n) is 2.75. The van der Waals surface area contributed by atoms with Crippen molar-refractivity contribution in [3.05, 3.63) is 36.2 Å². The van der Waals surface area contributed by atoms with Gasteiger partial charge in [0, 0.05) is 24.9 Å². The summed E-state index contributed by atoms with van der Waals surface area (Å²) in [6, 6.07) is 5.38. The van der Waals surface area contributed by atoms with Crippen LogP contribution >= 0.6 is 0 Å². The summed E-state index contributed by atoms with van der Waals surface area (Å²) in [5, 5.41) is 12.7. The van der Waals surface area contributed by atoms with Crippen LogP contribution in [0.25, 0.3) is 11.0 Å². The summed E-state index contributed by atoms with van der Waals surface area (Å²) in [7, 11) is 0. The molecule has 1 saturated carbocycles. The van der Waals surface area contributed by atoms with Crippen molar-refractivity contribution in [2.45, 2.75) is 25.4 Å². The SMILES string of the molecule is O=C(NCC1CCCC1O)c1cccc2nccnc12. The molecule has 20 heavy (non-hydrogen) atoms. The number of hydrogen-bond donors (Lipinski definition) is 2. The van der Waals surface area contributed by atoms with E-state index in [1.165, 1.54) is 0 Å². The fraction of sp³-hybridized carbons (Fsp3) is 0.400. The van der Waals surface area contributed by atoms with E-state index in [1.807, 2.05) is 6.07 Å². The van der Waals surface area contributed by atoms with E-state index < -0.39 is 0 Å². The molecule has 5 heteroatoms. The summed E-state index contributed by atoms with van der Waals surface area (Å²) in [5.41, 5.74) is 1.85. The normalized spacial score (nSPS) is 22.1. The first-order valence-corrected chi connectivity index (χ1v) is 6.91. The number of aliphatic hydroxyl groups excluding tert-OH is 1. The maximum Gasteiger partial charge on any atom is 0.253 e. The smallest absolute Gasteiger partial charge is 0.253 e. The number of para-hydroxylation sites is 1. The molecule has 0 aliphatic heterocycles. The highest BCUT2D eigenvalue weighted by atomic mass is 16.3. The first-order valence-electron chi connectivity index (χ1n) is 6.91. The Labute approximate surface area is 117 Å². The molecule has 2 N–H and O–H groups in total. The molecule has 1 aromatic carbocycles. The van der Waals surface area contributed by atoms with Crippen LogP contribution in [0.2, 0.25) is 0 Å². The van der Waals surface area contributed by atoms with Gasteiger partial charge < -0.3 is 10.4 Å². The van der Waals surface area contributed by atoms with Crippen LogP contribution < -0.4 is 5.32 Å². The molecule has 1 aliphatic carbocycles. The van der Waals surface area contributed by atoms with Gasteiger partial charge in [-0.15, -0.1) is 0 Å². The lowest BCUT2D eigenvalue weighted by atomic mass is 10.1. The van der Waals surface area contributed by atoms with Crippen LogP contribution in [-0.2, 0) is 0 Å². The number of aromatic nitrogens is 2. The Hall–Kier alpha value is -2.01. The summed E-state index contributed by atoms with van der Waals surface area (Å²) < 4.78 is 0. The first-order chi connectivity index (χ1) is 9.75. The highest BCUT2D eigenvalue weighted by molar-refractivity contribution is 6.04. The summed E-state index contributed by atoms with van der Waals surface area (Å²) in [6.07, 6.45) is 5.74. The molecule has 2 aromatic rings. The lowest BCUT2D eigenvalue weighted by Gasteiger charge is -2.15. The Balaban J connectivity index is 1.75. The van der Waals surface area contributed by atoms with Crippen molar-refractivity contribution in [3.63, 3.8) is 0 Å². The minimum absolute atomic E-state index is 0.157. The third kappa shape index (κ3) is 2.49. The van der Waals surface area contributed by atoms with Crippen LogP contribution in [0.5, 0.6) is 0 Å². The number of benzene rings is 1. The number of nitrogens with one attached hydrogen (secondary N) is 1. The van der Waals surface area contributed by atoms with Gasteiger partial charge in [-0.2, -0.15) is 0 Å². The van der Waals surface area contributed by atoms with Gasteiger partial charge in [0.25, 0.3) is 5.91 Å². The average molecular weight is 271 g/mol. The van der Waals surface area contributed by atoms with Gasteiger partial charge in [-0.05, 0) is 25.0 Å². The van der Waals surface area contributed by atoms with Crippen LogP contribution in [0, 0.1) is 5.92 Å². The van der Waals surface area contributed by atoms with Crippen LogP contribution in [0.15, 0.2) is 30.6 Å². The number of carbonyl (C=O) groups is 1. The standard InChI is InChI=1S/C15H17N3O2/c19-13-6-1-3-10(13)9-18-15(20)11-4-2-5-12-14(11)17-8-7-16-12/h2,4-5,7-8,10,13,19H,1,3,6,9H2,(H,18,20). The number of aliphatic hydroxyl groups is 1. The topological polar surface area (TPSA) is 75.1 Å². The molecule has 2 atom stereocenters. The van der Waals surface area contributed by atoms with Crippen molar-refractivity contribution in [3.8, 4) is 0 Å². The number of fused-ring (bicyclic) bond motifs is 1. The second-order valence-electron chi connectivity index (χ2n) is 5.20. The Morgan fingerprint density at radius 2 is 2.15 bits per heavy atom. The third-order valence-electron chi connectivity index (χ3n) is 3.89. The van der Waals surface area contributed by atoms with E-state index in [4.69, 9.17) is 0 Å². The molecule has 1 aromatic heterocycles. The zero-order valence-electron chi connectivity index (χ0n) is 11.1. The molecule has 0 spiro atoms. The predicted molar refractivity (Wildman–Crippen MR) is 75.2 cm³/mol. The van der Waals surface area contributed by atoms with Gasteiger partial charge >= 0.3 is 0 Å². The average Bonchev–Trinajstić information content (AvgIpc) is 2.89. The van der Waals surface area contributed by atoms with Crippen molar-refractivity contribution in [1.82, 2.24) is 15.3 Å². The lowest BCUT2D eigenvalue weighted by Crippen LogP contribution is -2.32. The minimum atomic E-state index is -0.289. The van der Waals surface area contributed by atoms with E-state index in [2.05, 4.69) is 15.3 Å². The van der Waals surface area contributed by atoms with Gasteiger partial charge in [-0.1, -0.05) is 12.5 Å². The maximum absolute atomic E-state index is 12.3. The first kappa shape index (κ1) is 13.0. The molecule has 1 fully saturated rings. The summed E-state index contributed by atoms with van der Waals surface area (Å²) in [5.74, 6) is 0.00945. The highest BCUT2D eigenvalue weighted by Gasteiger charge is 2.25. The Morgan fingerprint density at radius 1 is 1.30 bits per heavy atom. The lowest BCUT2D eigenvalue weighted by molar-refractivity contribution is 0.0918. The second-order valence-corrected chi connectivity index (χ2v) is 5.20. The molecule has 1 amide bonds. The van der Waals surface area contributed by atoms with Crippen LogP contribution in [0.3, 0.4) is 0 Å². The predicted octanol–water partition coefficient (Wildman–Crippen LogP) is 1.52. The molecule has 5 nitrogen and oxygen atoms in total. The molecule has 2 unspecified atom stereocenters. The number of carbonyl (C=O) groups excluding carboxylic acids is 1. The fourth-order valence-corrected chi connectivity index (χ4v) is 2.75. The molecule has 1 aliphatic rings. The van der Waals surface area contributed by atoms with E-state index in [0.717, 1.165) is 19.3 Å². The molecule has 3 rings (SSSR count). The van der Waals surface area contributed by atoms with Crippen molar-refractivity contribution in [1.29, 1.82) is 0 Å². The minimum Gasteiger partial charge on any atom is -0.393 e. The van der Waals surface area contributed by atoms with Gasteiger partial charge in [0.1, 0.15) is 5.52 Å². The Bertz CT molecular complexity index is 624. The second kappa shape index (κ2) is 5.54. The summed E-state index contributed by atoms with van der Waals surface area (Å²) >= 11 is 0. The zero-order chi connectivity index (χ0) is 13.9. The largest absolute Gasteiger partial charge is 0.393 e. The van der Waals surface area contributed by atoms with Crippen LogP contribution in [-0.4, -0.2) is 33.6 Å². The maximum atomic E-state index is 12.3. The molecule has 0 radical (unpaired) electrons. The number of rotatable bonds is 3. The molecular formula is C15H17N3O2. The number of amides is 1. The molecule has 1 heterocycles. The number of hydrogen-bond acceptors (Lipinski definition) is 4. The summed E-state index contributed by atoms with van der Waals surface area (Å²) in [6.45, 7) is 0.511. The Morgan fingerprint density at radius 3 is 2.95 bits per heavy atom. The van der Waals surface area contributed by atoms with Gasteiger partial charge in [0.05, 0.1) is 17.2 Å². The van der Waals surface area contributed by atoms with E-state index in [0.29, 0.717) is 23.1 Å². The number of nitrogens with zero attached hydrogens (tertiary/aromatic N) is 2. The van der Waals surface area contributed by atoms with Crippen molar-refractivity contribution >= 4 is 16.9 Å². The quantitative estimate of drug-likeness (QED) is 0.887. The van der Waals surface area contributed by atoms with Crippen LogP contribution in [0.1, 0.15) is 29.6 Å². The molecule has 104 valence electrons. The molecule has 0 saturated heterocycles.